The Labute approximate surface area is 126 Å². The van der Waals surface area contributed by atoms with Crippen molar-refractivity contribution in [1.29, 1.82) is 0 Å². The van der Waals surface area contributed by atoms with Crippen molar-refractivity contribution in [1.82, 2.24) is 9.97 Å². The van der Waals surface area contributed by atoms with E-state index < -0.39 is 0 Å². The molecule has 1 aromatic heterocycles. The predicted molar refractivity (Wildman–Crippen MR) is 83.6 cm³/mol. The molecule has 1 aromatic rings. The Kier molecular flexibility index (Phi) is 4.77. The fraction of sp³-hybridized carbons (Fsp3) is 0.750. The molecule has 1 fully saturated rings. The number of rotatable bonds is 4. The molecule has 110 valence electrons. The number of hydrogen-bond donors (Lipinski definition) is 0. The van der Waals surface area contributed by atoms with Gasteiger partial charge in [-0.3, -0.25) is 0 Å². The predicted octanol–water partition coefficient (Wildman–Crippen LogP) is 3.73. The molecule has 3 rings (SSSR count). The Morgan fingerprint density at radius 2 is 1.85 bits per heavy atom. The number of fused-ring (bicyclic) bond motifs is 1. The highest BCUT2D eigenvalue weighted by molar-refractivity contribution is 6.18. The van der Waals surface area contributed by atoms with Gasteiger partial charge >= 0.3 is 0 Å². The zero-order valence-electron chi connectivity index (χ0n) is 12.2. The molecule has 0 bridgehead atoms. The Morgan fingerprint density at radius 3 is 2.65 bits per heavy atom. The van der Waals surface area contributed by atoms with Crippen LogP contribution in [0.1, 0.15) is 56.2 Å². The molecule has 0 amide bonds. The molecular weight excluding hydrogens is 270 g/mol. The van der Waals surface area contributed by atoms with Gasteiger partial charge in [-0.25, -0.2) is 9.97 Å². The zero-order chi connectivity index (χ0) is 13.8. The smallest absolute Gasteiger partial charge is 0.135 e. The van der Waals surface area contributed by atoms with Gasteiger partial charge in [-0.15, -0.1) is 11.6 Å². The summed E-state index contributed by atoms with van der Waals surface area (Å²) in [4.78, 5) is 11.6. The third-order valence-electron chi connectivity index (χ3n) is 4.72. The minimum atomic E-state index is 0.628. The number of anilines is 1. The first-order valence-corrected chi connectivity index (χ1v) is 8.59. The van der Waals surface area contributed by atoms with E-state index in [1.165, 1.54) is 62.0 Å². The lowest BCUT2D eigenvalue weighted by Gasteiger charge is -2.36. The normalized spacial score (nSPS) is 19.6. The van der Waals surface area contributed by atoms with Crippen molar-refractivity contribution in [2.45, 2.75) is 63.8 Å². The molecule has 0 unspecified atom stereocenters. The molecule has 0 N–H and O–H groups in total. The molecule has 2 aliphatic carbocycles. The quantitative estimate of drug-likeness (QED) is 0.792. The number of aromatic nitrogens is 2. The highest BCUT2D eigenvalue weighted by Gasteiger charge is 2.26. The van der Waals surface area contributed by atoms with Crippen LogP contribution in [0.4, 0.5) is 5.82 Å². The van der Waals surface area contributed by atoms with Crippen LogP contribution in [0.25, 0.3) is 0 Å². The second-order valence-corrected chi connectivity index (χ2v) is 6.38. The van der Waals surface area contributed by atoms with E-state index in [9.17, 15) is 0 Å². The first kappa shape index (κ1) is 14.1. The number of halogens is 1. The van der Waals surface area contributed by atoms with Crippen molar-refractivity contribution in [3.05, 3.63) is 17.6 Å². The van der Waals surface area contributed by atoms with E-state index in [1.54, 1.807) is 6.33 Å². The Balaban J connectivity index is 1.90. The summed E-state index contributed by atoms with van der Waals surface area (Å²) in [5.41, 5.74) is 2.67. The van der Waals surface area contributed by atoms with E-state index in [-0.39, 0.29) is 0 Å². The Hall–Kier alpha value is -0.830. The number of alkyl halides is 1. The topological polar surface area (TPSA) is 29.0 Å². The average Bonchev–Trinajstić information content (AvgIpc) is 2.53. The summed E-state index contributed by atoms with van der Waals surface area (Å²) in [6, 6.07) is 0.628. The van der Waals surface area contributed by atoms with Crippen LogP contribution < -0.4 is 4.90 Å². The molecule has 20 heavy (non-hydrogen) atoms. The minimum Gasteiger partial charge on any atom is -0.352 e. The summed E-state index contributed by atoms with van der Waals surface area (Å²) in [5, 5.41) is 0. The van der Waals surface area contributed by atoms with Gasteiger partial charge in [0.05, 0.1) is 0 Å². The molecule has 3 nitrogen and oxygen atoms in total. The van der Waals surface area contributed by atoms with Crippen LogP contribution >= 0.6 is 11.6 Å². The van der Waals surface area contributed by atoms with Crippen LogP contribution in [0.2, 0.25) is 0 Å². The fourth-order valence-corrected chi connectivity index (χ4v) is 3.88. The first-order valence-electron chi connectivity index (χ1n) is 8.05. The summed E-state index contributed by atoms with van der Waals surface area (Å²) < 4.78 is 0. The van der Waals surface area contributed by atoms with E-state index >= 15 is 0 Å². The molecule has 0 spiro atoms. The average molecular weight is 294 g/mol. The fourth-order valence-electron chi connectivity index (χ4n) is 3.70. The highest BCUT2D eigenvalue weighted by Crippen LogP contribution is 2.32. The summed E-state index contributed by atoms with van der Waals surface area (Å²) in [5.74, 6) is 1.86. The maximum atomic E-state index is 6.06. The van der Waals surface area contributed by atoms with Crippen molar-refractivity contribution >= 4 is 17.4 Å². The molecule has 0 aromatic carbocycles. The number of aryl methyl sites for hydroxylation is 1. The van der Waals surface area contributed by atoms with E-state index in [1.807, 2.05) is 0 Å². The molecule has 1 heterocycles. The van der Waals surface area contributed by atoms with E-state index in [0.29, 0.717) is 11.9 Å². The lowest BCUT2D eigenvalue weighted by atomic mass is 9.92. The lowest BCUT2D eigenvalue weighted by molar-refractivity contribution is 0.415. The van der Waals surface area contributed by atoms with Crippen molar-refractivity contribution < 1.29 is 0 Å². The number of nitrogens with zero attached hydrogens (tertiary/aromatic N) is 3. The minimum absolute atomic E-state index is 0.628. The van der Waals surface area contributed by atoms with Gasteiger partial charge in [0.2, 0.25) is 0 Å². The molecule has 1 saturated carbocycles. The molecule has 0 radical (unpaired) electrons. The van der Waals surface area contributed by atoms with Crippen molar-refractivity contribution in [2.75, 3.05) is 17.3 Å². The van der Waals surface area contributed by atoms with E-state index in [2.05, 4.69) is 14.9 Å². The standard InChI is InChI=1S/C16H24ClN3/c17-10-11-20(13-6-2-1-3-7-13)16-14-8-4-5-9-15(14)18-12-19-16/h12-13H,1-11H2. The monoisotopic (exact) mass is 293 g/mol. The highest BCUT2D eigenvalue weighted by atomic mass is 35.5. The summed E-state index contributed by atoms with van der Waals surface area (Å²) >= 11 is 6.06. The second-order valence-electron chi connectivity index (χ2n) is 6.00. The lowest BCUT2D eigenvalue weighted by Crippen LogP contribution is -2.39. The van der Waals surface area contributed by atoms with E-state index in [0.717, 1.165) is 19.4 Å². The van der Waals surface area contributed by atoms with Gasteiger partial charge in [-0.2, -0.15) is 0 Å². The summed E-state index contributed by atoms with van der Waals surface area (Å²) in [6.45, 7) is 0.912. The van der Waals surface area contributed by atoms with Crippen LogP contribution in [0.15, 0.2) is 6.33 Å². The SMILES string of the molecule is ClCCN(c1ncnc2c1CCCC2)C1CCCCC1. The van der Waals surface area contributed by atoms with Gasteiger partial charge in [-0.05, 0) is 38.5 Å². The van der Waals surface area contributed by atoms with Gasteiger partial charge < -0.3 is 4.90 Å². The van der Waals surface area contributed by atoms with Gasteiger partial charge in [0.1, 0.15) is 12.1 Å². The Morgan fingerprint density at radius 1 is 1.05 bits per heavy atom. The summed E-state index contributed by atoms with van der Waals surface area (Å²) in [6.07, 6.45) is 13.2. The third kappa shape index (κ3) is 2.93. The maximum absolute atomic E-state index is 6.06. The molecule has 0 atom stereocenters. The first-order chi connectivity index (χ1) is 9.90. The molecule has 0 saturated heterocycles. The number of hydrogen-bond acceptors (Lipinski definition) is 3. The van der Waals surface area contributed by atoms with Crippen LogP contribution in [0.5, 0.6) is 0 Å². The van der Waals surface area contributed by atoms with Crippen molar-refractivity contribution in [2.24, 2.45) is 0 Å². The van der Waals surface area contributed by atoms with Crippen molar-refractivity contribution in [3.8, 4) is 0 Å². The van der Waals surface area contributed by atoms with Gasteiger partial charge in [-0.1, -0.05) is 19.3 Å². The van der Waals surface area contributed by atoms with Crippen molar-refractivity contribution in [3.63, 3.8) is 0 Å². The molecule has 2 aliphatic rings. The third-order valence-corrected chi connectivity index (χ3v) is 4.88. The van der Waals surface area contributed by atoms with E-state index in [4.69, 9.17) is 11.6 Å². The largest absolute Gasteiger partial charge is 0.352 e. The molecule has 0 aliphatic heterocycles. The molecule has 4 heteroatoms. The van der Waals surface area contributed by atoms with Crippen LogP contribution in [-0.2, 0) is 12.8 Å². The van der Waals surface area contributed by atoms with Gasteiger partial charge in [0.15, 0.2) is 0 Å². The second kappa shape index (κ2) is 6.75. The Bertz CT molecular complexity index is 443. The van der Waals surface area contributed by atoms with Gasteiger partial charge in [0, 0.05) is 29.7 Å². The molecular formula is C16H24ClN3. The van der Waals surface area contributed by atoms with Crippen LogP contribution in [0.3, 0.4) is 0 Å². The zero-order valence-corrected chi connectivity index (χ0v) is 12.9. The maximum Gasteiger partial charge on any atom is 0.135 e. The van der Waals surface area contributed by atoms with Crippen LogP contribution in [0, 0.1) is 0 Å². The summed E-state index contributed by atoms with van der Waals surface area (Å²) in [7, 11) is 0. The van der Waals surface area contributed by atoms with Crippen LogP contribution in [-0.4, -0.2) is 28.4 Å². The van der Waals surface area contributed by atoms with Gasteiger partial charge in [0.25, 0.3) is 0 Å².